The van der Waals surface area contributed by atoms with Gasteiger partial charge in [-0.2, -0.15) is 0 Å². The van der Waals surface area contributed by atoms with Gasteiger partial charge in [-0.25, -0.2) is 0 Å². The fourth-order valence-electron chi connectivity index (χ4n) is 3.95. The molecule has 0 spiro atoms. The van der Waals surface area contributed by atoms with Gasteiger partial charge in [0.1, 0.15) is 11.5 Å². The molecule has 0 radical (unpaired) electrons. The van der Waals surface area contributed by atoms with Crippen molar-refractivity contribution in [3.63, 3.8) is 0 Å². The Labute approximate surface area is 146 Å². The summed E-state index contributed by atoms with van der Waals surface area (Å²) in [6, 6.07) is 13.5. The quantitative estimate of drug-likeness (QED) is 0.896. The minimum atomic E-state index is -0.771. The van der Waals surface area contributed by atoms with E-state index in [2.05, 4.69) is 11.4 Å². The van der Waals surface area contributed by atoms with E-state index in [4.69, 9.17) is 9.47 Å². The van der Waals surface area contributed by atoms with E-state index in [1.807, 2.05) is 36.4 Å². The highest BCUT2D eigenvalue weighted by molar-refractivity contribution is 5.73. The summed E-state index contributed by atoms with van der Waals surface area (Å²) >= 11 is 0. The van der Waals surface area contributed by atoms with E-state index >= 15 is 0 Å². The molecule has 2 unspecified atom stereocenters. The Morgan fingerprint density at radius 1 is 1.20 bits per heavy atom. The number of nitrogens with one attached hydrogen (secondary N) is 1. The van der Waals surface area contributed by atoms with Crippen molar-refractivity contribution in [2.45, 2.75) is 18.4 Å². The van der Waals surface area contributed by atoms with Gasteiger partial charge in [-0.15, -0.1) is 0 Å². The Morgan fingerprint density at radius 3 is 2.68 bits per heavy atom. The molecule has 2 aromatic rings. The van der Waals surface area contributed by atoms with Crippen molar-refractivity contribution in [2.24, 2.45) is 5.92 Å². The number of ether oxygens (including phenoxy) is 2. The third kappa shape index (κ3) is 2.85. The molecule has 3 atom stereocenters. The third-order valence-corrected chi connectivity index (χ3v) is 5.25. The SMILES string of the molecule is COc1ccc(C2NCC(c3ccc4c(c3)CCO4)[C@H]2C(=O)O)cc1. The second-order valence-electron chi connectivity index (χ2n) is 6.60. The van der Waals surface area contributed by atoms with Crippen molar-refractivity contribution >= 4 is 5.97 Å². The maximum absolute atomic E-state index is 12.0. The van der Waals surface area contributed by atoms with Crippen LogP contribution in [0.5, 0.6) is 11.5 Å². The highest BCUT2D eigenvalue weighted by Gasteiger charge is 2.42. The molecule has 2 aliphatic rings. The number of carboxylic acids is 1. The van der Waals surface area contributed by atoms with Crippen LogP contribution in [0.2, 0.25) is 0 Å². The second kappa shape index (κ2) is 6.41. The maximum Gasteiger partial charge on any atom is 0.309 e. The molecule has 0 aliphatic carbocycles. The van der Waals surface area contributed by atoms with Crippen molar-refractivity contribution in [3.8, 4) is 11.5 Å². The summed E-state index contributed by atoms with van der Waals surface area (Å²) in [5.41, 5.74) is 3.22. The van der Waals surface area contributed by atoms with Crippen LogP contribution in [0.15, 0.2) is 42.5 Å². The lowest BCUT2D eigenvalue weighted by Gasteiger charge is -2.21. The molecule has 2 aliphatic heterocycles. The Balaban J connectivity index is 1.64. The maximum atomic E-state index is 12.0. The summed E-state index contributed by atoms with van der Waals surface area (Å²) in [5.74, 6) is 0.355. The number of hydrogen-bond acceptors (Lipinski definition) is 4. The van der Waals surface area contributed by atoms with Crippen molar-refractivity contribution in [2.75, 3.05) is 20.3 Å². The van der Waals surface area contributed by atoms with Crippen molar-refractivity contribution in [1.82, 2.24) is 5.32 Å². The summed E-state index contributed by atoms with van der Waals surface area (Å²) in [6.07, 6.45) is 0.892. The van der Waals surface area contributed by atoms with Gasteiger partial charge in [0.25, 0.3) is 0 Å². The summed E-state index contributed by atoms with van der Waals surface area (Å²) in [4.78, 5) is 12.0. The summed E-state index contributed by atoms with van der Waals surface area (Å²) in [6.45, 7) is 1.35. The van der Waals surface area contributed by atoms with E-state index in [1.165, 1.54) is 5.56 Å². The number of methoxy groups -OCH3 is 1. The first-order chi connectivity index (χ1) is 12.2. The van der Waals surface area contributed by atoms with Gasteiger partial charge in [-0.1, -0.05) is 24.3 Å². The van der Waals surface area contributed by atoms with Gasteiger partial charge in [-0.05, 0) is 34.9 Å². The van der Waals surface area contributed by atoms with Crippen LogP contribution < -0.4 is 14.8 Å². The predicted octanol–water partition coefficient (Wildman–Crippen LogP) is 2.76. The van der Waals surface area contributed by atoms with E-state index < -0.39 is 11.9 Å². The fraction of sp³-hybridized carbons (Fsp3) is 0.350. The first-order valence-corrected chi connectivity index (χ1v) is 8.53. The highest BCUT2D eigenvalue weighted by Crippen LogP contribution is 2.41. The van der Waals surface area contributed by atoms with Crippen LogP contribution in [0, 0.1) is 5.92 Å². The Bertz CT molecular complexity index is 787. The molecule has 1 fully saturated rings. The second-order valence-corrected chi connectivity index (χ2v) is 6.60. The van der Waals surface area contributed by atoms with Crippen molar-refractivity contribution in [3.05, 3.63) is 59.2 Å². The lowest BCUT2D eigenvalue weighted by molar-refractivity contribution is -0.142. The van der Waals surface area contributed by atoms with Crippen LogP contribution in [0.25, 0.3) is 0 Å². The van der Waals surface area contributed by atoms with Gasteiger partial charge >= 0.3 is 5.97 Å². The molecule has 0 bridgehead atoms. The standard InChI is InChI=1S/C20H21NO4/c1-24-15-5-2-12(3-6-15)19-18(20(22)23)16(11-21-19)13-4-7-17-14(10-13)8-9-25-17/h2-7,10,16,18-19,21H,8-9,11H2,1H3,(H,22,23)/t16?,18-,19?/m1/s1. The summed E-state index contributed by atoms with van der Waals surface area (Å²) in [5, 5.41) is 13.3. The molecule has 2 heterocycles. The molecule has 25 heavy (non-hydrogen) atoms. The molecular formula is C20H21NO4. The van der Waals surface area contributed by atoms with Crippen LogP contribution in [-0.4, -0.2) is 31.3 Å². The van der Waals surface area contributed by atoms with Crippen LogP contribution in [0.4, 0.5) is 0 Å². The van der Waals surface area contributed by atoms with Crippen molar-refractivity contribution in [1.29, 1.82) is 0 Å². The molecule has 1 saturated heterocycles. The fourth-order valence-corrected chi connectivity index (χ4v) is 3.95. The molecule has 4 rings (SSSR count). The largest absolute Gasteiger partial charge is 0.497 e. The van der Waals surface area contributed by atoms with Crippen LogP contribution in [0.3, 0.4) is 0 Å². The zero-order valence-electron chi connectivity index (χ0n) is 14.1. The number of rotatable bonds is 4. The summed E-state index contributed by atoms with van der Waals surface area (Å²) < 4.78 is 10.7. The predicted molar refractivity (Wildman–Crippen MR) is 93.2 cm³/mol. The minimum absolute atomic E-state index is 0.0597. The first kappa shape index (κ1) is 16.0. The number of carboxylic acid groups (broad SMARTS) is 1. The average molecular weight is 339 g/mol. The first-order valence-electron chi connectivity index (χ1n) is 8.53. The van der Waals surface area contributed by atoms with Gasteiger partial charge in [0, 0.05) is 24.9 Å². The zero-order chi connectivity index (χ0) is 17.4. The van der Waals surface area contributed by atoms with Crippen molar-refractivity contribution < 1.29 is 19.4 Å². The smallest absolute Gasteiger partial charge is 0.309 e. The zero-order valence-corrected chi connectivity index (χ0v) is 14.1. The average Bonchev–Trinajstić information content (AvgIpc) is 3.27. The lowest BCUT2D eigenvalue weighted by Crippen LogP contribution is -2.25. The van der Waals surface area contributed by atoms with Gasteiger partial charge in [0.15, 0.2) is 0 Å². The van der Waals surface area contributed by atoms with E-state index in [1.54, 1.807) is 7.11 Å². The highest BCUT2D eigenvalue weighted by atomic mass is 16.5. The molecule has 0 saturated carbocycles. The van der Waals surface area contributed by atoms with Gasteiger partial charge in [0.05, 0.1) is 19.6 Å². The number of hydrogen-bond donors (Lipinski definition) is 2. The van der Waals surface area contributed by atoms with E-state index in [0.717, 1.165) is 29.0 Å². The van der Waals surface area contributed by atoms with Gasteiger partial charge < -0.3 is 19.9 Å². The molecule has 130 valence electrons. The Morgan fingerprint density at radius 2 is 1.96 bits per heavy atom. The Kier molecular flexibility index (Phi) is 4.09. The third-order valence-electron chi connectivity index (χ3n) is 5.25. The molecule has 5 nitrogen and oxygen atoms in total. The van der Waals surface area contributed by atoms with E-state index in [9.17, 15) is 9.90 Å². The molecule has 0 aromatic heterocycles. The van der Waals surface area contributed by atoms with Crippen LogP contribution >= 0.6 is 0 Å². The number of aliphatic carboxylic acids is 1. The number of carbonyl (C=O) groups is 1. The lowest BCUT2D eigenvalue weighted by atomic mass is 9.82. The normalized spacial score (nSPS) is 24.6. The molecular weight excluding hydrogens is 318 g/mol. The topological polar surface area (TPSA) is 67.8 Å². The van der Waals surface area contributed by atoms with Crippen LogP contribution in [0.1, 0.15) is 28.7 Å². The number of benzene rings is 2. The van der Waals surface area contributed by atoms with E-state index in [-0.39, 0.29) is 12.0 Å². The number of fused-ring (bicyclic) bond motifs is 1. The van der Waals surface area contributed by atoms with Crippen LogP contribution in [-0.2, 0) is 11.2 Å². The van der Waals surface area contributed by atoms with E-state index in [0.29, 0.717) is 13.2 Å². The molecule has 2 N–H and O–H groups in total. The molecule has 0 amide bonds. The van der Waals surface area contributed by atoms with Gasteiger partial charge in [-0.3, -0.25) is 4.79 Å². The molecule has 5 heteroatoms. The minimum Gasteiger partial charge on any atom is -0.497 e. The Hall–Kier alpha value is -2.53. The van der Waals surface area contributed by atoms with Gasteiger partial charge in [0.2, 0.25) is 0 Å². The summed E-state index contributed by atoms with van der Waals surface area (Å²) in [7, 11) is 1.62. The monoisotopic (exact) mass is 339 g/mol. The molecule has 2 aromatic carbocycles.